The number of rotatable bonds is 9. The summed E-state index contributed by atoms with van der Waals surface area (Å²) in [5.74, 6) is 0.821. The van der Waals surface area contributed by atoms with Crippen LogP contribution in [0.1, 0.15) is 12.0 Å². The van der Waals surface area contributed by atoms with E-state index in [4.69, 9.17) is 4.74 Å². The zero-order chi connectivity index (χ0) is 25.5. The van der Waals surface area contributed by atoms with Gasteiger partial charge in [-0.3, -0.25) is 9.36 Å². The molecule has 11 nitrogen and oxygen atoms in total. The van der Waals surface area contributed by atoms with Crippen molar-refractivity contribution in [3.63, 3.8) is 0 Å². The maximum absolute atomic E-state index is 13.3. The van der Waals surface area contributed by atoms with Gasteiger partial charge in [0.25, 0.3) is 0 Å². The van der Waals surface area contributed by atoms with Crippen molar-refractivity contribution in [2.75, 3.05) is 12.4 Å². The molecule has 0 aliphatic carbocycles. The van der Waals surface area contributed by atoms with Gasteiger partial charge >= 0.3 is 11.4 Å². The highest BCUT2D eigenvalue weighted by atomic mass is 16.5. The summed E-state index contributed by atoms with van der Waals surface area (Å²) in [4.78, 5) is 45.8. The van der Waals surface area contributed by atoms with Crippen molar-refractivity contribution in [2.24, 2.45) is 0 Å². The zero-order valence-electron chi connectivity index (χ0n) is 19.4. The second-order valence-electron chi connectivity index (χ2n) is 7.75. The Bertz CT molecular complexity index is 1450. The number of hydrogen-bond acceptors (Lipinski definition) is 8. The Labute approximate surface area is 205 Å². The van der Waals surface area contributed by atoms with Crippen LogP contribution in [0.25, 0.3) is 0 Å². The maximum atomic E-state index is 13.3. The summed E-state index contributed by atoms with van der Waals surface area (Å²) in [6.07, 6.45) is 1.58. The van der Waals surface area contributed by atoms with E-state index in [1.807, 2.05) is 6.07 Å². The molecule has 0 saturated heterocycles. The summed E-state index contributed by atoms with van der Waals surface area (Å²) < 4.78 is 7.91. The van der Waals surface area contributed by atoms with Crippen LogP contribution in [0.2, 0.25) is 0 Å². The first-order chi connectivity index (χ1) is 17.4. The fourth-order valence-electron chi connectivity index (χ4n) is 3.34. The van der Waals surface area contributed by atoms with Crippen molar-refractivity contribution in [1.82, 2.24) is 24.4 Å². The molecule has 36 heavy (non-hydrogen) atoms. The second-order valence-corrected chi connectivity index (χ2v) is 7.75. The van der Waals surface area contributed by atoms with Gasteiger partial charge in [0, 0.05) is 38.0 Å². The molecule has 0 unspecified atom stereocenters. The number of benzene rings is 2. The summed E-state index contributed by atoms with van der Waals surface area (Å²) in [6.45, 7) is -0.0324. The van der Waals surface area contributed by atoms with Gasteiger partial charge in [0.1, 0.15) is 11.5 Å². The van der Waals surface area contributed by atoms with Gasteiger partial charge in [0.05, 0.1) is 6.54 Å². The fourth-order valence-corrected chi connectivity index (χ4v) is 3.34. The predicted molar refractivity (Wildman–Crippen MR) is 133 cm³/mol. The van der Waals surface area contributed by atoms with Crippen LogP contribution in [0.3, 0.4) is 0 Å². The molecule has 0 saturated carbocycles. The Kier molecular flexibility index (Phi) is 7.39. The van der Waals surface area contributed by atoms with Crippen molar-refractivity contribution >= 4 is 17.5 Å². The largest absolute Gasteiger partial charge is 0.508 e. The number of nitrogens with one attached hydrogen (secondary N) is 2. The number of anilines is 2. The molecule has 0 bridgehead atoms. The second kappa shape index (κ2) is 11.0. The Morgan fingerprint density at radius 1 is 1.00 bits per heavy atom. The van der Waals surface area contributed by atoms with E-state index in [0.29, 0.717) is 22.9 Å². The van der Waals surface area contributed by atoms with Gasteiger partial charge in [-0.15, -0.1) is 0 Å². The van der Waals surface area contributed by atoms with Crippen molar-refractivity contribution in [2.45, 2.75) is 19.5 Å². The van der Waals surface area contributed by atoms with Crippen LogP contribution in [0.5, 0.6) is 17.4 Å². The third kappa shape index (κ3) is 5.95. The summed E-state index contributed by atoms with van der Waals surface area (Å²) in [5, 5.41) is 15.1. The predicted octanol–water partition coefficient (Wildman–Crippen LogP) is 2.23. The molecule has 2 heterocycles. The van der Waals surface area contributed by atoms with E-state index in [9.17, 15) is 19.5 Å². The average molecular weight is 489 g/mol. The van der Waals surface area contributed by atoms with Gasteiger partial charge in [0.2, 0.25) is 17.7 Å². The molecule has 2 aromatic heterocycles. The molecule has 1 amide bonds. The molecule has 11 heteroatoms. The molecular formula is C25H24N6O5. The number of phenolic OH excluding ortho intramolecular Hbond substituents is 1. The van der Waals surface area contributed by atoms with Gasteiger partial charge in [-0.25, -0.2) is 19.1 Å². The lowest BCUT2D eigenvalue weighted by molar-refractivity contribution is -0.120. The lowest BCUT2D eigenvalue weighted by Gasteiger charge is -2.16. The number of carbonyl (C=O) groups is 1. The number of nitrogens with zero attached hydrogens (tertiary/aromatic N) is 4. The van der Waals surface area contributed by atoms with Crippen LogP contribution in [0.15, 0.2) is 82.5 Å². The monoisotopic (exact) mass is 488 g/mol. The molecule has 0 radical (unpaired) electrons. The van der Waals surface area contributed by atoms with Crippen molar-refractivity contribution in [3.8, 4) is 17.4 Å². The van der Waals surface area contributed by atoms with Crippen LogP contribution < -0.4 is 26.7 Å². The number of ether oxygens (including phenoxy) is 1. The molecule has 0 aliphatic rings. The molecule has 3 N–H and O–H groups in total. The van der Waals surface area contributed by atoms with Gasteiger partial charge < -0.3 is 20.5 Å². The van der Waals surface area contributed by atoms with Crippen LogP contribution >= 0.6 is 0 Å². The Morgan fingerprint density at radius 3 is 2.42 bits per heavy atom. The first-order valence-corrected chi connectivity index (χ1v) is 11.1. The first-order valence-electron chi connectivity index (χ1n) is 11.1. The molecule has 0 fully saturated rings. The van der Waals surface area contributed by atoms with Crippen LogP contribution in [-0.2, 0) is 17.9 Å². The smallest absolute Gasteiger partial charge is 0.354 e. The minimum absolute atomic E-state index is 0.0349. The number of pyridine rings is 1. The number of amides is 1. The summed E-state index contributed by atoms with van der Waals surface area (Å²) in [7, 11) is 1.48. The lowest BCUT2D eigenvalue weighted by atomic mass is 10.2. The molecule has 0 atom stereocenters. The molecule has 184 valence electrons. The van der Waals surface area contributed by atoms with Gasteiger partial charge in [0.15, 0.2) is 0 Å². The van der Waals surface area contributed by atoms with E-state index >= 15 is 0 Å². The lowest BCUT2D eigenvalue weighted by Crippen LogP contribution is -2.43. The van der Waals surface area contributed by atoms with Crippen molar-refractivity contribution < 1.29 is 14.6 Å². The zero-order valence-corrected chi connectivity index (χ0v) is 19.4. The van der Waals surface area contributed by atoms with E-state index in [0.717, 1.165) is 4.57 Å². The minimum atomic E-state index is -0.775. The van der Waals surface area contributed by atoms with Crippen molar-refractivity contribution in [1.29, 1.82) is 0 Å². The number of phenols is 1. The number of carbonyl (C=O) groups excluding carboxylic acids is 1. The van der Waals surface area contributed by atoms with E-state index in [1.54, 1.807) is 54.7 Å². The fraction of sp³-hybridized carbons (Fsp3) is 0.160. The Morgan fingerprint density at radius 2 is 1.75 bits per heavy atom. The molecule has 4 rings (SSSR count). The highest BCUT2D eigenvalue weighted by Gasteiger charge is 2.15. The SMILES string of the molecule is CNC(=O)CCn1c(=O)nc(Nc2ccc(Oc3ccccn3)cc2)n(Cc2ccc(O)cc2)c1=O. The molecule has 4 aromatic rings. The normalized spacial score (nSPS) is 10.6. The van der Waals surface area contributed by atoms with Gasteiger partial charge in [-0.2, -0.15) is 4.98 Å². The van der Waals surface area contributed by atoms with Crippen LogP contribution in [-0.4, -0.2) is 37.2 Å². The maximum Gasteiger partial charge on any atom is 0.354 e. The summed E-state index contributed by atoms with van der Waals surface area (Å²) >= 11 is 0. The van der Waals surface area contributed by atoms with E-state index in [2.05, 4.69) is 20.6 Å². The van der Waals surface area contributed by atoms with Crippen molar-refractivity contribution in [3.05, 3.63) is 99.5 Å². The van der Waals surface area contributed by atoms with E-state index < -0.39 is 11.4 Å². The molecular weight excluding hydrogens is 464 g/mol. The molecule has 0 spiro atoms. The third-order valence-electron chi connectivity index (χ3n) is 5.24. The number of aromatic hydroxyl groups is 1. The third-order valence-corrected chi connectivity index (χ3v) is 5.24. The van der Waals surface area contributed by atoms with Crippen LogP contribution in [0.4, 0.5) is 11.6 Å². The average Bonchev–Trinajstić information content (AvgIpc) is 2.89. The van der Waals surface area contributed by atoms with Gasteiger partial charge in [-0.05, 0) is 48.0 Å². The number of aromatic nitrogens is 4. The van der Waals surface area contributed by atoms with Crippen LogP contribution in [0, 0.1) is 0 Å². The Hall–Kier alpha value is -4.93. The molecule has 0 aliphatic heterocycles. The topological polar surface area (TPSA) is 140 Å². The van der Waals surface area contributed by atoms with Gasteiger partial charge in [-0.1, -0.05) is 18.2 Å². The first kappa shape index (κ1) is 24.2. The molecule has 2 aromatic carbocycles. The standard InChI is InChI=1S/C25H24N6O5/c1-26-21(33)13-15-30-24(34)29-23(31(25(30)35)16-17-5-9-19(32)10-6-17)28-18-7-11-20(12-8-18)36-22-4-2-3-14-27-22/h2-12,14,32H,13,15-16H2,1H3,(H,26,33)(H,28,29,34). The highest BCUT2D eigenvalue weighted by molar-refractivity contribution is 5.75. The van der Waals surface area contributed by atoms with E-state index in [1.165, 1.54) is 23.7 Å². The summed E-state index contributed by atoms with van der Waals surface area (Å²) in [5.41, 5.74) is -0.124. The Balaban J connectivity index is 1.64. The quantitative estimate of drug-likeness (QED) is 0.326. The minimum Gasteiger partial charge on any atom is -0.508 e. The summed E-state index contributed by atoms with van der Waals surface area (Å²) in [6, 6.07) is 18.5. The van der Waals surface area contributed by atoms with E-state index in [-0.39, 0.29) is 37.1 Å². The number of hydrogen-bond donors (Lipinski definition) is 3. The highest BCUT2D eigenvalue weighted by Crippen LogP contribution is 2.22.